The Morgan fingerprint density at radius 3 is 1.65 bits per heavy atom. The average molecular weight is 634 g/mol. The molecular weight excluding hydrogens is 591 g/mol. The van der Waals surface area contributed by atoms with Crippen molar-refractivity contribution in [2.45, 2.75) is 40.0 Å². The second-order valence-electron chi connectivity index (χ2n) is 13.7. The number of aryl methyl sites for hydroxylation is 3. The van der Waals surface area contributed by atoms with Crippen LogP contribution in [0.5, 0.6) is 0 Å². The second kappa shape index (κ2) is 13.5. The Morgan fingerprint density at radius 1 is 0.388 bits per heavy atom. The molecule has 0 spiro atoms. The smallest absolute Gasteiger partial charge is 0.0543 e. The molecule has 7 aromatic carbocycles. The number of hydrogen-bond acceptors (Lipinski definition) is 0. The first-order valence-corrected chi connectivity index (χ1v) is 17.2. The van der Waals surface area contributed by atoms with Crippen LogP contribution >= 0.6 is 0 Å². The van der Waals surface area contributed by atoms with Gasteiger partial charge >= 0.3 is 0 Å². The zero-order valence-corrected chi connectivity index (χ0v) is 29.1. The largest absolute Gasteiger partial charge is 0.309 e. The van der Waals surface area contributed by atoms with Gasteiger partial charge < -0.3 is 4.57 Å². The molecule has 0 aliphatic heterocycles. The van der Waals surface area contributed by atoms with Gasteiger partial charge in [0.05, 0.1) is 11.0 Å². The van der Waals surface area contributed by atoms with Gasteiger partial charge in [0, 0.05) is 21.9 Å². The van der Waals surface area contributed by atoms with Gasteiger partial charge in [-0.3, -0.25) is 0 Å². The SMILES string of the molecule is Cc1ccc2c(c1)-c1ccccc1C2(C)C.Cc1ccc2c3ccccc3n(-c3ccc(-c4ccccc4)cc3)c2c1.Cc1ccccc1. The lowest BCUT2D eigenvalue weighted by atomic mass is 9.82. The molecule has 0 N–H and O–H groups in total. The Kier molecular flexibility index (Phi) is 8.76. The van der Waals surface area contributed by atoms with Gasteiger partial charge in [-0.15, -0.1) is 0 Å². The van der Waals surface area contributed by atoms with Crippen LogP contribution in [-0.4, -0.2) is 4.57 Å². The molecule has 0 bridgehead atoms. The van der Waals surface area contributed by atoms with Crippen molar-refractivity contribution in [2.24, 2.45) is 0 Å². The van der Waals surface area contributed by atoms with Gasteiger partial charge in [-0.25, -0.2) is 0 Å². The number of nitrogens with zero attached hydrogens (tertiary/aromatic N) is 1. The molecule has 0 atom stereocenters. The molecule has 0 radical (unpaired) electrons. The molecule has 49 heavy (non-hydrogen) atoms. The summed E-state index contributed by atoms with van der Waals surface area (Å²) in [6.45, 7) is 11.0. The number of hydrogen-bond donors (Lipinski definition) is 0. The highest BCUT2D eigenvalue weighted by molar-refractivity contribution is 6.09. The molecule has 1 aromatic heterocycles. The highest BCUT2D eigenvalue weighted by atomic mass is 15.0. The molecule has 9 rings (SSSR count). The summed E-state index contributed by atoms with van der Waals surface area (Å²) in [7, 11) is 0. The van der Waals surface area contributed by atoms with Crippen LogP contribution in [-0.2, 0) is 5.41 Å². The van der Waals surface area contributed by atoms with Crippen molar-refractivity contribution in [2.75, 3.05) is 0 Å². The summed E-state index contributed by atoms with van der Waals surface area (Å²) in [5, 5.41) is 2.60. The van der Waals surface area contributed by atoms with E-state index in [1.165, 1.54) is 77.6 Å². The van der Waals surface area contributed by atoms with Crippen molar-refractivity contribution < 1.29 is 0 Å². The van der Waals surface area contributed by atoms with E-state index in [0.717, 1.165) is 0 Å². The van der Waals surface area contributed by atoms with Crippen LogP contribution in [0.2, 0.25) is 0 Å². The van der Waals surface area contributed by atoms with Crippen LogP contribution < -0.4 is 0 Å². The van der Waals surface area contributed by atoms with E-state index in [1.54, 1.807) is 0 Å². The number of rotatable bonds is 2. The summed E-state index contributed by atoms with van der Waals surface area (Å²) in [5.74, 6) is 0. The third-order valence-corrected chi connectivity index (χ3v) is 9.74. The van der Waals surface area contributed by atoms with E-state index in [9.17, 15) is 0 Å². The van der Waals surface area contributed by atoms with Crippen molar-refractivity contribution in [3.63, 3.8) is 0 Å². The van der Waals surface area contributed by atoms with Gasteiger partial charge in [-0.2, -0.15) is 0 Å². The highest BCUT2D eigenvalue weighted by Crippen LogP contribution is 2.48. The van der Waals surface area contributed by atoms with Crippen LogP contribution in [0.1, 0.15) is 41.7 Å². The summed E-state index contributed by atoms with van der Waals surface area (Å²) in [6, 6.07) is 60.6. The number of aromatic nitrogens is 1. The lowest BCUT2D eigenvalue weighted by molar-refractivity contribution is 0.660. The molecular formula is C48H43N. The molecule has 1 aliphatic carbocycles. The molecule has 1 heterocycles. The van der Waals surface area contributed by atoms with Gasteiger partial charge in [-0.1, -0.05) is 171 Å². The van der Waals surface area contributed by atoms with E-state index in [2.05, 4.69) is 191 Å². The normalized spacial score (nSPS) is 12.3. The fourth-order valence-electron chi connectivity index (χ4n) is 7.16. The lowest BCUT2D eigenvalue weighted by Gasteiger charge is -2.21. The monoisotopic (exact) mass is 633 g/mol. The van der Waals surface area contributed by atoms with Crippen molar-refractivity contribution in [1.82, 2.24) is 4.57 Å². The third-order valence-electron chi connectivity index (χ3n) is 9.74. The number of benzene rings is 7. The van der Waals surface area contributed by atoms with Crippen LogP contribution in [0, 0.1) is 20.8 Å². The summed E-state index contributed by atoms with van der Waals surface area (Å²) >= 11 is 0. The minimum atomic E-state index is 0.152. The fraction of sp³-hybridized carbons (Fsp3) is 0.125. The Bertz CT molecular complexity index is 2360. The van der Waals surface area contributed by atoms with Crippen molar-refractivity contribution in [1.29, 1.82) is 0 Å². The highest BCUT2D eigenvalue weighted by Gasteiger charge is 2.34. The van der Waals surface area contributed by atoms with E-state index in [4.69, 9.17) is 0 Å². The molecule has 240 valence electrons. The molecule has 1 nitrogen and oxygen atoms in total. The minimum Gasteiger partial charge on any atom is -0.309 e. The lowest BCUT2D eigenvalue weighted by Crippen LogP contribution is -2.14. The molecule has 0 fully saturated rings. The Hall–Kier alpha value is -5.66. The van der Waals surface area contributed by atoms with Gasteiger partial charge in [0.2, 0.25) is 0 Å². The van der Waals surface area contributed by atoms with Crippen LogP contribution in [0.25, 0.3) is 49.7 Å². The van der Waals surface area contributed by atoms with Gasteiger partial charge in [-0.05, 0) is 84.0 Å². The van der Waals surface area contributed by atoms with E-state index in [-0.39, 0.29) is 5.41 Å². The summed E-state index contributed by atoms with van der Waals surface area (Å²) in [5.41, 5.74) is 16.0. The van der Waals surface area contributed by atoms with Gasteiger partial charge in [0.15, 0.2) is 0 Å². The minimum absolute atomic E-state index is 0.152. The zero-order chi connectivity index (χ0) is 34.0. The molecule has 8 aromatic rings. The topological polar surface area (TPSA) is 4.93 Å². The van der Waals surface area contributed by atoms with Gasteiger partial charge in [0.1, 0.15) is 0 Å². The predicted octanol–water partition coefficient (Wildman–Crippen LogP) is 13.1. The molecule has 1 heteroatoms. The molecule has 0 saturated carbocycles. The average Bonchev–Trinajstić information content (AvgIpc) is 3.57. The first-order valence-electron chi connectivity index (χ1n) is 17.2. The summed E-state index contributed by atoms with van der Waals surface area (Å²) in [6.07, 6.45) is 0. The van der Waals surface area contributed by atoms with Crippen LogP contribution in [0.4, 0.5) is 0 Å². The summed E-state index contributed by atoms with van der Waals surface area (Å²) in [4.78, 5) is 0. The maximum atomic E-state index is 2.37. The first-order chi connectivity index (χ1) is 23.8. The molecule has 0 saturated heterocycles. The van der Waals surface area contributed by atoms with E-state index in [0.29, 0.717) is 0 Å². The summed E-state index contributed by atoms with van der Waals surface area (Å²) < 4.78 is 2.37. The molecule has 0 unspecified atom stereocenters. The Morgan fingerprint density at radius 2 is 0.939 bits per heavy atom. The fourth-order valence-corrected chi connectivity index (χ4v) is 7.16. The standard InChI is InChI=1S/C25H19N.C16H16.C7H8/c1-18-11-16-23-22-9-5-6-10-24(22)26(25(23)17-18)21-14-12-20(13-15-21)19-7-3-2-4-8-19;1-11-8-9-15-13(10-11)12-6-4-5-7-14(12)16(15,2)3;1-7-5-3-2-4-6-7/h2-17H,1H3;4-10H,1-3H3;2-6H,1H3. The second-order valence-corrected chi connectivity index (χ2v) is 13.7. The van der Waals surface area contributed by atoms with Crippen molar-refractivity contribution in [3.05, 3.63) is 198 Å². The van der Waals surface area contributed by atoms with Gasteiger partial charge in [0.25, 0.3) is 0 Å². The Labute approximate surface area is 291 Å². The first kappa shape index (κ1) is 31.9. The van der Waals surface area contributed by atoms with Crippen LogP contribution in [0.3, 0.4) is 0 Å². The quantitative estimate of drug-likeness (QED) is 0.178. The van der Waals surface area contributed by atoms with E-state index in [1.807, 2.05) is 18.2 Å². The zero-order valence-electron chi connectivity index (χ0n) is 29.1. The molecule has 0 amide bonds. The van der Waals surface area contributed by atoms with E-state index < -0.39 is 0 Å². The third kappa shape index (κ3) is 6.33. The van der Waals surface area contributed by atoms with Crippen molar-refractivity contribution >= 4 is 21.8 Å². The number of fused-ring (bicyclic) bond motifs is 6. The Balaban J connectivity index is 0.000000139. The maximum absolute atomic E-state index is 2.37. The maximum Gasteiger partial charge on any atom is 0.0543 e. The number of para-hydroxylation sites is 1. The molecule has 1 aliphatic rings. The van der Waals surface area contributed by atoms with Crippen molar-refractivity contribution in [3.8, 4) is 27.9 Å². The van der Waals surface area contributed by atoms with Crippen LogP contribution in [0.15, 0.2) is 170 Å². The predicted molar refractivity (Wildman–Crippen MR) is 211 cm³/mol. The van der Waals surface area contributed by atoms with E-state index >= 15 is 0 Å².